The van der Waals surface area contributed by atoms with Crippen molar-refractivity contribution in [2.45, 2.75) is 0 Å². The minimum absolute atomic E-state index is 0.525. The Balaban J connectivity index is 0.000000143. The second-order valence-corrected chi connectivity index (χ2v) is 7.64. The van der Waals surface area contributed by atoms with Gasteiger partial charge in [-0.1, -0.05) is 84.9 Å². The predicted octanol–water partition coefficient (Wildman–Crippen LogP) is 1.46. The first kappa shape index (κ1) is 24.9. The Morgan fingerprint density at radius 3 is 0.833 bits per heavy atom. The van der Waals surface area contributed by atoms with Crippen LogP contribution in [0.5, 0.6) is 0 Å². The number of nitrogens with zero attached hydrogens (tertiary/aromatic N) is 4. The fraction of sp³-hybridized carbons (Fsp3) is 0. The van der Waals surface area contributed by atoms with Gasteiger partial charge in [-0.2, -0.15) is 0 Å². The third-order valence-electron chi connectivity index (χ3n) is 5.06. The molecule has 176 valence electrons. The van der Waals surface area contributed by atoms with Gasteiger partial charge in [0.05, 0.1) is 22.1 Å². The monoisotopic (exact) mass is 476 g/mol. The molecule has 10 heteroatoms. The summed E-state index contributed by atoms with van der Waals surface area (Å²) in [5.41, 5.74) is 5.60. The van der Waals surface area contributed by atoms with E-state index < -0.39 is 14.2 Å². The Morgan fingerprint density at radius 1 is 0.361 bits per heavy atom. The van der Waals surface area contributed by atoms with Crippen LogP contribution in [0.25, 0.3) is 33.4 Å². The summed E-state index contributed by atoms with van der Waals surface area (Å²) in [6.07, 6.45) is 0. The largest absolute Gasteiger partial charge is 0.488 e. The Labute approximate surface area is 207 Å². The van der Waals surface area contributed by atoms with Gasteiger partial charge in [0, 0.05) is 0 Å². The number of fused-ring (bicyclic) bond motifs is 3. The molecular weight excluding hydrogens is 454 g/mol. The Bertz CT molecular complexity index is 1370. The fourth-order valence-corrected chi connectivity index (χ4v) is 3.26. The molecule has 8 nitrogen and oxygen atoms in total. The van der Waals surface area contributed by atoms with Crippen molar-refractivity contribution in [1.82, 2.24) is 19.9 Å². The van der Waals surface area contributed by atoms with Crippen LogP contribution >= 0.6 is 0 Å². The van der Waals surface area contributed by atoms with Crippen LogP contribution in [-0.4, -0.2) is 54.3 Å². The lowest BCUT2D eigenvalue weighted by atomic mass is 9.81. The van der Waals surface area contributed by atoms with E-state index in [0.29, 0.717) is 22.2 Å². The van der Waals surface area contributed by atoms with Gasteiger partial charge in [-0.05, 0) is 35.2 Å². The second kappa shape index (κ2) is 12.0. The molecule has 4 N–H and O–H groups in total. The molecule has 36 heavy (non-hydrogen) atoms. The van der Waals surface area contributed by atoms with E-state index in [9.17, 15) is 0 Å². The van der Waals surface area contributed by atoms with Crippen molar-refractivity contribution >= 4 is 58.5 Å². The summed E-state index contributed by atoms with van der Waals surface area (Å²) in [6, 6.07) is 32.8. The highest BCUT2D eigenvalue weighted by Gasteiger charge is 2.08. The normalized spacial score (nSPS) is 10.2. The quantitative estimate of drug-likeness (QED) is 0.218. The minimum atomic E-state index is -1.34. The highest BCUT2D eigenvalue weighted by atomic mass is 16.4. The van der Waals surface area contributed by atoms with Gasteiger partial charge in [0.15, 0.2) is 11.3 Å². The van der Waals surface area contributed by atoms with E-state index in [4.69, 9.17) is 20.1 Å². The van der Waals surface area contributed by atoms with E-state index in [0.717, 1.165) is 22.1 Å². The highest BCUT2D eigenvalue weighted by molar-refractivity contribution is 6.58. The van der Waals surface area contributed by atoms with Crippen molar-refractivity contribution in [2.24, 2.45) is 0 Å². The summed E-state index contributed by atoms with van der Waals surface area (Å²) in [4.78, 5) is 18.0. The topological polar surface area (TPSA) is 132 Å². The first-order chi connectivity index (χ1) is 17.5. The van der Waals surface area contributed by atoms with Gasteiger partial charge in [0.1, 0.15) is 0 Å². The van der Waals surface area contributed by atoms with Gasteiger partial charge in [0.25, 0.3) is 0 Å². The summed E-state index contributed by atoms with van der Waals surface area (Å²) in [7, 11) is -2.68. The fourth-order valence-electron chi connectivity index (χ4n) is 3.26. The molecule has 0 bridgehead atoms. The van der Waals surface area contributed by atoms with Gasteiger partial charge < -0.3 is 20.1 Å². The third-order valence-corrected chi connectivity index (χ3v) is 5.06. The van der Waals surface area contributed by atoms with E-state index in [2.05, 4.69) is 19.9 Å². The standard InChI is InChI=1S/C14H8N4.2C6H7BO2/c1-2-6-10-9(5-1)15-13-14(16-10)18-12-8-4-3-7-11(12)17-13;2*8-7(9)6-4-2-1-3-5-6/h1-8H;2*1-5,8-9H. The van der Waals surface area contributed by atoms with E-state index >= 15 is 0 Å². The number of benzene rings is 4. The molecule has 2 aromatic heterocycles. The summed E-state index contributed by atoms with van der Waals surface area (Å²) < 4.78 is 0. The van der Waals surface area contributed by atoms with E-state index in [1.807, 2.05) is 60.7 Å². The average molecular weight is 476 g/mol. The number of para-hydroxylation sites is 4. The van der Waals surface area contributed by atoms with Crippen LogP contribution in [0, 0.1) is 0 Å². The molecule has 0 saturated carbocycles. The lowest BCUT2D eigenvalue weighted by molar-refractivity contribution is 0.424. The first-order valence-corrected chi connectivity index (χ1v) is 11.1. The van der Waals surface area contributed by atoms with Crippen molar-refractivity contribution in [1.29, 1.82) is 0 Å². The van der Waals surface area contributed by atoms with Crippen LogP contribution in [0.3, 0.4) is 0 Å². The van der Waals surface area contributed by atoms with E-state index in [1.165, 1.54) is 0 Å². The maximum absolute atomic E-state index is 8.58. The number of hydrogen-bond acceptors (Lipinski definition) is 8. The van der Waals surface area contributed by atoms with Gasteiger partial charge in [-0.3, -0.25) is 0 Å². The van der Waals surface area contributed by atoms with Crippen LogP contribution in [0.4, 0.5) is 0 Å². The van der Waals surface area contributed by atoms with Crippen LogP contribution in [0.2, 0.25) is 0 Å². The second-order valence-electron chi connectivity index (χ2n) is 7.64. The smallest absolute Gasteiger partial charge is 0.423 e. The van der Waals surface area contributed by atoms with Gasteiger partial charge in [0.2, 0.25) is 0 Å². The molecule has 0 fully saturated rings. The SMILES string of the molecule is OB(O)c1ccccc1.OB(O)c1ccccc1.c1ccc2nc3nc4ccccc4nc3nc2c1. The zero-order valence-electron chi connectivity index (χ0n) is 19.1. The zero-order chi connectivity index (χ0) is 25.3. The van der Waals surface area contributed by atoms with Gasteiger partial charge in [-0.15, -0.1) is 0 Å². The average Bonchev–Trinajstić information content (AvgIpc) is 2.92. The Morgan fingerprint density at radius 2 is 0.611 bits per heavy atom. The summed E-state index contributed by atoms with van der Waals surface area (Å²) in [6.45, 7) is 0. The van der Waals surface area contributed by atoms with Crippen molar-refractivity contribution in [3.8, 4) is 0 Å². The first-order valence-electron chi connectivity index (χ1n) is 11.1. The molecule has 2 heterocycles. The molecule has 4 aromatic carbocycles. The number of hydrogen-bond donors (Lipinski definition) is 4. The van der Waals surface area contributed by atoms with Crippen molar-refractivity contribution < 1.29 is 20.1 Å². The van der Waals surface area contributed by atoms with Gasteiger partial charge >= 0.3 is 14.2 Å². The van der Waals surface area contributed by atoms with Gasteiger partial charge in [-0.25, -0.2) is 19.9 Å². The van der Waals surface area contributed by atoms with Crippen molar-refractivity contribution in [2.75, 3.05) is 0 Å². The molecule has 6 aromatic rings. The molecule has 0 amide bonds. The Hall–Kier alpha value is -4.21. The highest BCUT2D eigenvalue weighted by Crippen LogP contribution is 2.16. The molecule has 0 aliphatic rings. The zero-order valence-corrected chi connectivity index (χ0v) is 19.1. The number of aromatic nitrogens is 4. The van der Waals surface area contributed by atoms with Crippen LogP contribution in [-0.2, 0) is 0 Å². The lowest BCUT2D eigenvalue weighted by Gasteiger charge is -2.01. The third kappa shape index (κ3) is 6.47. The molecule has 0 aliphatic heterocycles. The molecule has 6 rings (SSSR count). The molecule has 0 saturated heterocycles. The molecule has 0 spiro atoms. The lowest BCUT2D eigenvalue weighted by Crippen LogP contribution is -2.29. The van der Waals surface area contributed by atoms with Crippen molar-refractivity contribution in [3.63, 3.8) is 0 Å². The van der Waals surface area contributed by atoms with Crippen LogP contribution in [0.1, 0.15) is 0 Å². The Kier molecular flexibility index (Phi) is 8.28. The molecular formula is C26H22B2N4O4. The predicted molar refractivity (Wildman–Crippen MR) is 143 cm³/mol. The summed E-state index contributed by atoms with van der Waals surface area (Å²) >= 11 is 0. The van der Waals surface area contributed by atoms with Crippen molar-refractivity contribution in [3.05, 3.63) is 109 Å². The summed E-state index contributed by atoms with van der Waals surface area (Å²) in [5.74, 6) is 0. The molecule has 0 aliphatic carbocycles. The minimum Gasteiger partial charge on any atom is -0.423 e. The van der Waals surface area contributed by atoms with E-state index in [-0.39, 0.29) is 0 Å². The van der Waals surface area contributed by atoms with Crippen LogP contribution < -0.4 is 10.9 Å². The van der Waals surface area contributed by atoms with Crippen LogP contribution in [0.15, 0.2) is 109 Å². The molecule has 0 atom stereocenters. The maximum Gasteiger partial charge on any atom is 0.488 e. The molecule has 0 radical (unpaired) electrons. The maximum atomic E-state index is 8.58. The molecule has 0 unspecified atom stereocenters. The number of rotatable bonds is 2. The van der Waals surface area contributed by atoms with E-state index in [1.54, 1.807) is 48.5 Å². The summed E-state index contributed by atoms with van der Waals surface area (Å²) in [5, 5.41) is 34.3.